The Balaban J connectivity index is 1.35. The van der Waals surface area contributed by atoms with Crippen LogP contribution in [0.2, 0.25) is 0 Å². The molecule has 4 rings (SSSR count). The van der Waals surface area contributed by atoms with Gasteiger partial charge in [-0.3, -0.25) is 9.78 Å². The summed E-state index contributed by atoms with van der Waals surface area (Å²) in [5.41, 5.74) is 2.13. The highest BCUT2D eigenvalue weighted by Crippen LogP contribution is 2.19. The van der Waals surface area contributed by atoms with E-state index in [1.165, 1.54) is 6.07 Å². The number of nitrogens with zero attached hydrogens (tertiary/aromatic N) is 5. The molecular weight excluding hydrogens is 357 g/mol. The van der Waals surface area contributed by atoms with E-state index < -0.39 is 0 Å². The highest BCUT2D eigenvalue weighted by atomic mass is 19.1. The van der Waals surface area contributed by atoms with Crippen molar-refractivity contribution in [2.24, 2.45) is 0 Å². The first-order chi connectivity index (χ1) is 13.7. The second-order valence-corrected chi connectivity index (χ2v) is 6.65. The predicted octanol–water partition coefficient (Wildman–Crippen LogP) is 2.57. The molecule has 0 N–H and O–H groups in total. The number of hydrogen-bond donors (Lipinski definition) is 0. The normalized spacial score (nSPS) is 14.2. The molecule has 1 aliphatic rings. The highest BCUT2D eigenvalue weighted by Gasteiger charge is 2.23. The van der Waals surface area contributed by atoms with E-state index in [-0.39, 0.29) is 18.1 Å². The lowest BCUT2D eigenvalue weighted by molar-refractivity contribution is -0.130. The van der Waals surface area contributed by atoms with Crippen molar-refractivity contribution in [3.8, 4) is 11.3 Å². The molecule has 0 unspecified atom stereocenters. The SMILES string of the molecule is O=C(Cc1ccccc1F)N1CCN(c2ccc(-c3cccnc3)nn2)CC1. The maximum atomic E-state index is 13.8. The van der Waals surface area contributed by atoms with Crippen molar-refractivity contribution in [2.75, 3.05) is 31.1 Å². The van der Waals surface area contributed by atoms with Crippen molar-refractivity contribution in [1.82, 2.24) is 20.1 Å². The standard InChI is InChI=1S/C21H20FN5O/c22-18-6-2-1-4-16(18)14-21(28)27-12-10-26(11-13-27)20-8-7-19(24-25-20)17-5-3-9-23-15-17/h1-9,15H,10-14H2. The number of pyridine rings is 1. The van der Waals surface area contributed by atoms with E-state index in [9.17, 15) is 9.18 Å². The number of benzene rings is 1. The fourth-order valence-electron chi connectivity index (χ4n) is 3.26. The number of carbonyl (C=O) groups excluding carboxylic acids is 1. The van der Waals surface area contributed by atoms with Crippen LogP contribution in [-0.2, 0) is 11.2 Å². The Hall–Kier alpha value is -3.35. The van der Waals surface area contributed by atoms with Crippen molar-refractivity contribution >= 4 is 11.7 Å². The Morgan fingerprint density at radius 3 is 2.46 bits per heavy atom. The van der Waals surface area contributed by atoms with Gasteiger partial charge in [-0.1, -0.05) is 18.2 Å². The van der Waals surface area contributed by atoms with Crippen LogP contribution < -0.4 is 4.90 Å². The largest absolute Gasteiger partial charge is 0.352 e. The van der Waals surface area contributed by atoms with Gasteiger partial charge in [-0.25, -0.2) is 4.39 Å². The summed E-state index contributed by atoms with van der Waals surface area (Å²) in [4.78, 5) is 20.4. The van der Waals surface area contributed by atoms with Crippen LogP contribution in [0.15, 0.2) is 60.9 Å². The maximum absolute atomic E-state index is 13.8. The molecule has 28 heavy (non-hydrogen) atoms. The van der Waals surface area contributed by atoms with Crippen LogP contribution >= 0.6 is 0 Å². The third kappa shape index (κ3) is 3.98. The van der Waals surface area contributed by atoms with Gasteiger partial charge in [0.15, 0.2) is 5.82 Å². The number of aromatic nitrogens is 3. The minimum atomic E-state index is -0.335. The third-order valence-corrected chi connectivity index (χ3v) is 4.86. The summed E-state index contributed by atoms with van der Waals surface area (Å²) in [6.07, 6.45) is 3.56. The summed E-state index contributed by atoms with van der Waals surface area (Å²) in [5, 5.41) is 8.61. The van der Waals surface area contributed by atoms with E-state index in [1.54, 1.807) is 35.5 Å². The lowest BCUT2D eigenvalue weighted by atomic mass is 10.1. The second-order valence-electron chi connectivity index (χ2n) is 6.65. The Bertz CT molecular complexity index is 941. The molecule has 2 aromatic heterocycles. The molecule has 1 aromatic carbocycles. The number of carbonyl (C=O) groups is 1. The van der Waals surface area contributed by atoms with Gasteiger partial charge in [0.05, 0.1) is 12.1 Å². The number of amides is 1. The summed E-state index contributed by atoms with van der Waals surface area (Å²) < 4.78 is 13.8. The average Bonchev–Trinajstić information content (AvgIpc) is 2.76. The molecule has 1 amide bonds. The minimum absolute atomic E-state index is 0.0530. The quantitative estimate of drug-likeness (QED) is 0.699. The first kappa shape index (κ1) is 18.0. The second kappa shape index (κ2) is 8.12. The van der Waals surface area contributed by atoms with Crippen LogP contribution in [-0.4, -0.2) is 52.2 Å². The first-order valence-electron chi connectivity index (χ1n) is 9.21. The van der Waals surface area contributed by atoms with E-state index in [0.29, 0.717) is 31.7 Å². The zero-order chi connectivity index (χ0) is 19.3. The monoisotopic (exact) mass is 377 g/mol. The molecule has 1 fully saturated rings. The third-order valence-electron chi connectivity index (χ3n) is 4.86. The van der Waals surface area contributed by atoms with E-state index >= 15 is 0 Å². The molecule has 3 heterocycles. The summed E-state index contributed by atoms with van der Waals surface area (Å²) >= 11 is 0. The van der Waals surface area contributed by atoms with E-state index in [4.69, 9.17) is 0 Å². The Morgan fingerprint density at radius 1 is 0.964 bits per heavy atom. The van der Waals surface area contributed by atoms with Gasteiger partial charge >= 0.3 is 0 Å². The molecule has 0 radical (unpaired) electrons. The van der Waals surface area contributed by atoms with Crippen LogP contribution in [0.25, 0.3) is 11.3 Å². The number of hydrogen-bond acceptors (Lipinski definition) is 5. The molecule has 0 spiro atoms. The lowest BCUT2D eigenvalue weighted by Gasteiger charge is -2.35. The maximum Gasteiger partial charge on any atom is 0.227 e. The van der Waals surface area contributed by atoms with Gasteiger partial charge in [-0.2, -0.15) is 0 Å². The molecule has 0 bridgehead atoms. The van der Waals surface area contributed by atoms with Gasteiger partial charge < -0.3 is 9.80 Å². The summed E-state index contributed by atoms with van der Waals surface area (Å²) in [7, 11) is 0. The van der Waals surface area contributed by atoms with Crippen molar-refractivity contribution in [3.05, 3.63) is 72.3 Å². The van der Waals surface area contributed by atoms with E-state index in [1.807, 2.05) is 24.3 Å². The van der Waals surface area contributed by atoms with Gasteiger partial charge in [0, 0.05) is 44.1 Å². The average molecular weight is 377 g/mol. The Labute approximate surface area is 162 Å². The van der Waals surface area contributed by atoms with Crippen molar-refractivity contribution in [2.45, 2.75) is 6.42 Å². The Kier molecular flexibility index (Phi) is 5.23. The fraction of sp³-hybridized carbons (Fsp3) is 0.238. The molecule has 3 aromatic rings. The van der Waals surface area contributed by atoms with Crippen LogP contribution in [0.5, 0.6) is 0 Å². The van der Waals surface area contributed by atoms with E-state index in [2.05, 4.69) is 20.1 Å². The molecule has 1 aliphatic heterocycles. The van der Waals surface area contributed by atoms with E-state index in [0.717, 1.165) is 17.1 Å². The zero-order valence-electron chi connectivity index (χ0n) is 15.3. The molecule has 142 valence electrons. The number of halogens is 1. The molecule has 0 aliphatic carbocycles. The zero-order valence-corrected chi connectivity index (χ0v) is 15.3. The lowest BCUT2D eigenvalue weighted by Crippen LogP contribution is -2.49. The molecule has 0 saturated carbocycles. The summed E-state index contributed by atoms with van der Waals surface area (Å²) in [6.45, 7) is 2.51. The van der Waals surface area contributed by atoms with Crippen LogP contribution in [0.1, 0.15) is 5.56 Å². The number of piperazine rings is 1. The molecular formula is C21H20FN5O. The van der Waals surface area contributed by atoms with Gasteiger partial charge in [0.1, 0.15) is 5.82 Å². The van der Waals surface area contributed by atoms with Crippen LogP contribution in [0.4, 0.5) is 10.2 Å². The minimum Gasteiger partial charge on any atom is -0.352 e. The molecule has 6 nitrogen and oxygen atoms in total. The van der Waals surface area contributed by atoms with Crippen molar-refractivity contribution < 1.29 is 9.18 Å². The topological polar surface area (TPSA) is 62.2 Å². The number of rotatable bonds is 4. The van der Waals surface area contributed by atoms with Gasteiger partial charge in [-0.15, -0.1) is 10.2 Å². The Morgan fingerprint density at radius 2 is 1.79 bits per heavy atom. The van der Waals surface area contributed by atoms with Gasteiger partial charge in [0.25, 0.3) is 0 Å². The van der Waals surface area contributed by atoms with Crippen LogP contribution in [0.3, 0.4) is 0 Å². The predicted molar refractivity (Wildman–Crippen MR) is 104 cm³/mol. The number of anilines is 1. The highest BCUT2D eigenvalue weighted by molar-refractivity contribution is 5.79. The summed E-state index contributed by atoms with van der Waals surface area (Å²) in [6, 6.07) is 14.1. The first-order valence-corrected chi connectivity index (χ1v) is 9.21. The van der Waals surface area contributed by atoms with Crippen LogP contribution in [0, 0.1) is 5.82 Å². The molecule has 1 saturated heterocycles. The smallest absolute Gasteiger partial charge is 0.227 e. The molecule has 7 heteroatoms. The summed E-state index contributed by atoms with van der Waals surface area (Å²) in [5.74, 6) is 0.398. The van der Waals surface area contributed by atoms with Gasteiger partial charge in [-0.05, 0) is 35.9 Å². The van der Waals surface area contributed by atoms with Gasteiger partial charge in [0.2, 0.25) is 5.91 Å². The van der Waals surface area contributed by atoms with Crippen molar-refractivity contribution in [1.29, 1.82) is 0 Å². The van der Waals surface area contributed by atoms with Crippen molar-refractivity contribution in [3.63, 3.8) is 0 Å². The molecule has 0 atom stereocenters. The fourth-order valence-corrected chi connectivity index (χ4v) is 3.26.